The third-order valence-corrected chi connectivity index (χ3v) is 3.86. The minimum atomic E-state index is -0.180. The van der Waals surface area contributed by atoms with E-state index in [9.17, 15) is 4.79 Å². The Morgan fingerprint density at radius 1 is 1.43 bits per heavy atom. The number of carbonyl (C=O) groups excluding carboxylic acids is 1. The predicted molar refractivity (Wildman–Crippen MR) is 90.5 cm³/mol. The fraction of sp³-hybridized carbons (Fsp3) is 0.133. The smallest absolute Gasteiger partial charge is 0.246 e. The molecule has 21 heavy (non-hydrogen) atoms. The van der Waals surface area contributed by atoms with Crippen LogP contribution in [0.25, 0.3) is 6.08 Å². The van der Waals surface area contributed by atoms with Crippen LogP contribution in [0, 0.1) is 6.92 Å². The van der Waals surface area contributed by atoms with Crippen molar-refractivity contribution in [2.45, 2.75) is 13.3 Å². The van der Waals surface area contributed by atoms with Crippen LogP contribution in [0.2, 0.25) is 0 Å². The first-order valence-corrected chi connectivity index (χ1v) is 7.96. The standard InChI is InChI=1S/C15H14BrN3OS/c1-11-10-21-15(18-11)8-14(20)19-17-9-13(16)7-12-5-3-2-4-6-12/h2-7,9-10H,8H2,1H3,(H,19,20)/b13-7-,17-9-. The molecule has 0 spiro atoms. The number of benzene rings is 1. The van der Waals surface area contributed by atoms with Crippen LogP contribution < -0.4 is 5.43 Å². The molecule has 0 bridgehead atoms. The van der Waals surface area contributed by atoms with Gasteiger partial charge in [-0.2, -0.15) is 5.10 Å². The van der Waals surface area contributed by atoms with Crippen molar-refractivity contribution in [2.75, 3.05) is 0 Å². The average Bonchev–Trinajstić information content (AvgIpc) is 2.85. The summed E-state index contributed by atoms with van der Waals surface area (Å²) in [6, 6.07) is 9.85. The van der Waals surface area contributed by atoms with Crippen molar-refractivity contribution in [3.8, 4) is 0 Å². The maximum Gasteiger partial charge on any atom is 0.246 e. The molecule has 0 saturated heterocycles. The molecule has 0 radical (unpaired) electrons. The van der Waals surface area contributed by atoms with Crippen molar-refractivity contribution in [1.82, 2.24) is 10.4 Å². The van der Waals surface area contributed by atoms with Crippen LogP contribution in [0.3, 0.4) is 0 Å². The Morgan fingerprint density at radius 2 is 2.19 bits per heavy atom. The summed E-state index contributed by atoms with van der Waals surface area (Å²) in [5.41, 5.74) is 4.47. The van der Waals surface area contributed by atoms with Gasteiger partial charge in [-0.05, 0) is 34.5 Å². The van der Waals surface area contributed by atoms with E-state index in [1.807, 2.05) is 48.7 Å². The molecule has 0 aliphatic carbocycles. The van der Waals surface area contributed by atoms with Crippen LogP contribution in [-0.4, -0.2) is 17.1 Å². The Balaban J connectivity index is 1.84. The van der Waals surface area contributed by atoms with Crippen LogP contribution in [-0.2, 0) is 11.2 Å². The molecule has 0 aliphatic heterocycles. The Morgan fingerprint density at radius 3 is 2.86 bits per heavy atom. The van der Waals surface area contributed by atoms with Crippen molar-refractivity contribution in [3.05, 3.63) is 56.5 Å². The van der Waals surface area contributed by atoms with E-state index in [2.05, 4.69) is 31.4 Å². The third kappa shape index (κ3) is 5.61. The molecule has 6 heteroatoms. The van der Waals surface area contributed by atoms with E-state index < -0.39 is 0 Å². The van der Waals surface area contributed by atoms with E-state index in [-0.39, 0.29) is 12.3 Å². The molecule has 0 atom stereocenters. The van der Waals surface area contributed by atoms with Crippen LogP contribution in [0.4, 0.5) is 0 Å². The summed E-state index contributed by atoms with van der Waals surface area (Å²) in [7, 11) is 0. The molecule has 0 fully saturated rings. The second-order valence-corrected chi connectivity index (χ2v) is 6.15. The quantitative estimate of drug-likeness (QED) is 0.652. The highest BCUT2D eigenvalue weighted by Crippen LogP contribution is 2.10. The van der Waals surface area contributed by atoms with E-state index in [1.165, 1.54) is 11.3 Å². The fourth-order valence-corrected chi connectivity index (χ4v) is 2.71. The van der Waals surface area contributed by atoms with Crippen molar-refractivity contribution >= 4 is 45.5 Å². The lowest BCUT2D eigenvalue weighted by molar-refractivity contribution is -0.120. The van der Waals surface area contributed by atoms with Crippen LogP contribution in [0.15, 0.2) is 45.3 Å². The zero-order valence-corrected chi connectivity index (χ0v) is 13.8. The van der Waals surface area contributed by atoms with E-state index >= 15 is 0 Å². The molecule has 2 aromatic rings. The number of hydrogen-bond donors (Lipinski definition) is 1. The van der Waals surface area contributed by atoms with Gasteiger partial charge in [0, 0.05) is 15.6 Å². The van der Waals surface area contributed by atoms with Gasteiger partial charge >= 0.3 is 0 Å². The number of aromatic nitrogens is 1. The van der Waals surface area contributed by atoms with Crippen molar-refractivity contribution in [2.24, 2.45) is 5.10 Å². The molecule has 1 amide bonds. The van der Waals surface area contributed by atoms with Gasteiger partial charge in [-0.3, -0.25) is 4.79 Å². The second-order valence-electron chi connectivity index (χ2n) is 4.29. The summed E-state index contributed by atoms with van der Waals surface area (Å²) in [6.45, 7) is 1.90. The molecule has 2 rings (SSSR count). The summed E-state index contributed by atoms with van der Waals surface area (Å²) < 4.78 is 0.777. The number of amides is 1. The monoisotopic (exact) mass is 363 g/mol. The molecule has 0 unspecified atom stereocenters. The van der Waals surface area contributed by atoms with Crippen LogP contribution >= 0.6 is 27.3 Å². The summed E-state index contributed by atoms with van der Waals surface area (Å²) in [4.78, 5) is 15.9. The number of aryl methyl sites for hydroxylation is 1. The lowest BCUT2D eigenvalue weighted by Gasteiger charge is -1.97. The summed E-state index contributed by atoms with van der Waals surface area (Å²) >= 11 is 4.86. The zero-order valence-electron chi connectivity index (χ0n) is 11.4. The lowest BCUT2D eigenvalue weighted by atomic mass is 10.2. The molecule has 108 valence electrons. The molecule has 1 N–H and O–H groups in total. The van der Waals surface area contributed by atoms with Crippen molar-refractivity contribution in [1.29, 1.82) is 0 Å². The molecule has 1 heterocycles. The van der Waals surface area contributed by atoms with Gasteiger partial charge in [-0.15, -0.1) is 11.3 Å². The number of nitrogens with one attached hydrogen (secondary N) is 1. The van der Waals surface area contributed by atoms with Crippen LogP contribution in [0.5, 0.6) is 0 Å². The number of allylic oxidation sites excluding steroid dienone is 1. The summed E-state index contributed by atoms with van der Waals surface area (Å²) in [5, 5.41) is 6.62. The number of carbonyl (C=O) groups is 1. The normalized spacial score (nSPS) is 11.8. The van der Waals surface area contributed by atoms with Gasteiger partial charge in [-0.25, -0.2) is 10.4 Å². The first kappa shape index (κ1) is 15.6. The second kappa shape index (κ2) is 7.85. The van der Waals surface area contributed by atoms with E-state index in [0.29, 0.717) is 0 Å². The van der Waals surface area contributed by atoms with E-state index in [1.54, 1.807) is 6.21 Å². The third-order valence-electron chi connectivity index (χ3n) is 2.46. The number of halogens is 1. The van der Waals surface area contributed by atoms with Crippen molar-refractivity contribution in [3.63, 3.8) is 0 Å². The van der Waals surface area contributed by atoms with Crippen LogP contribution in [0.1, 0.15) is 16.3 Å². The molecular weight excluding hydrogens is 350 g/mol. The minimum absolute atomic E-state index is 0.180. The Labute approximate surface area is 135 Å². The Bertz CT molecular complexity index is 665. The molecule has 0 saturated carbocycles. The van der Waals surface area contributed by atoms with Crippen molar-refractivity contribution < 1.29 is 4.79 Å². The van der Waals surface area contributed by atoms with E-state index in [0.717, 1.165) is 20.7 Å². The van der Waals surface area contributed by atoms with Gasteiger partial charge in [0.1, 0.15) is 5.01 Å². The first-order valence-electron chi connectivity index (χ1n) is 6.28. The largest absolute Gasteiger partial charge is 0.273 e. The Kier molecular flexibility index (Phi) is 5.83. The van der Waals surface area contributed by atoms with Gasteiger partial charge in [0.2, 0.25) is 5.91 Å². The number of thiazole rings is 1. The predicted octanol–water partition coefficient (Wildman–Crippen LogP) is 3.53. The topological polar surface area (TPSA) is 54.4 Å². The van der Waals surface area contributed by atoms with Gasteiger partial charge in [0.05, 0.1) is 12.6 Å². The van der Waals surface area contributed by atoms with E-state index in [4.69, 9.17) is 0 Å². The molecule has 1 aromatic heterocycles. The highest BCUT2D eigenvalue weighted by atomic mass is 79.9. The zero-order chi connectivity index (χ0) is 15.1. The van der Waals surface area contributed by atoms with Gasteiger partial charge < -0.3 is 0 Å². The van der Waals surface area contributed by atoms with Gasteiger partial charge in [0.15, 0.2) is 0 Å². The number of nitrogens with zero attached hydrogens (tertiary/aromatic N) is 2. The number of hydrazone groups is 1. The minimum Gasteiger partial charge on any atom is -0.273 e. The van der Waals surface area contributed by atoms with Gasteiger partial charge in [-0.1, -0.05) is 30.3 Å². The molecule has 0 aliphatic rings. The number of rotatable bonds is 5. The fourth-order valence-electron chi connectivity index (χ4n) is 1.57. The van der Waals surface area contributed by atoms with Gasteiger partial charge in [0.25, 0.3) is 0 Å². The maximum absolute atomic E-state index is 11.7. The maximum atomic E-state index is 11.7. The molecule has 1 aromatic carbocycles. The SMILES string of the molecule is Cc1csc(CC(=O)N/N=C\C(Br)=C\c2ccccc2)n1. The lowest BCUT2D eigenvalue weighted by Crippen LogP contribution is -2.19. The highest BCUT2D eigenvalue weighted by Gasteiger charge is 2.05. The molecular formula is C15H14BrN3OS. The summed E-state index contributed by atoms with van der Waals surface area (Å²) in [6.07, 6.45) is 3.72. The average molecular weight is 364 g/mol. The molecule has 4 nitrogen and oxygen atoms in total. The highest BCUT2D eigenvalue weighted by molar-refractivity contribution is 9.12. The first-order chi connectivity index (χ1) is 10.1. The summed E-state index contributed by atoms with van der Waals surface area (Å²) in [5.74, 6) is -0.180. The number of hydrogen-bond acceptors (Lipinski definition) is 4. The Hall–Kier alpha value is -1.79.